The van der Waals surface area contributed by atoms with Gasteiger partial charge in [-0.15, -0.1) is 11.3 Å². The Morgan fingerprint density at radius 1 is 1.26 bits per heavy atom. The third kappa shape index (κ3) is 3.98. The van der Waals surface area contributed by atoms with Gasteiger partial charge in [-0.1, -0.05) is 30.7 Å². The van der Waals surface area contributed by atoms with E-state index in [1.165, 1.54) is 54.4 Å². The molecule has 122 valence electrons. The van der Waals surface area contributed by atoms with Crippen molar-refractivity contribution in [3.05, 3.63) is 40.9 Å². The Morgan fingerprint density at radius 3 is 2.57 bits per heavy atom. The second kappa shape index (κ2) is 7.23. The van der Waals surface area contributed by atoms with Crippen LogP contribution < -0.4 is 10.0 Å². The Labute approximate surface area is 140 Å². The van der Waals surface area contributed by atoms with Crippen molar-refractivity contribution < 1.29 is 14.8 Å². The molecule has 0 radical (unpaired) electrons. The molecule has 1 aromatic carbocycles. The molecular formula is C18H22N2O2S. The predicted octanol–water partition coefficient (Wildman–Crippen LogP) is 1.52. The third-order valence-electron chi connectivity index (χ3n) is 4.70. The number of hydrogen-bond acceptors (Lipinski definition) is 4. The summed E-state index contributed by atoms with van der Waals surface area (Å²) in [6.07, 6.45) is 6.81. The van der Waals surface area contributed by atoms with E-state index in [4.69, 9.17) is 0 Å². The quantitative estimate of drug-likeness (QED) is 0.904. The summed E-state index contributed by atoms with van der Waals surface area (Å²) in [5.41, 5.74) is 2.28. The highest BCUT2D eigenvalue weighted by molar-refractivity contribution is 7.13. The summed E-state index contributed by atoms with van der Waals surface area (Å²) < 4.78 is 0. The monoisotopic (exact) mass is 330 g/mol. The number of hydrogen-bond donors (Lipinski definition) is 1. The Kier molecular flexibility index (Phi) is 5.08. The zero-order valence-electron chi connectivity index (χ0n) is 13.4. The summed E-state index contributed by atoms with van der Waals surface area (Å²) >= 11 is 1.34. The lowest BCUT2D eigenvalue weighted by Crippen LogP contribution is -3.11. The van der Waals surface area contributed by atoms with E-state index in [2.05, 4.69) is 24.2 Å². The van der Waals surface area contributed by atoms with E-state index in [0.29, 0.717) is 0 Å². The van der Waals surface area contributed by atoms with Crippen molar-refractivity contribution in [2.75, 3.05) is 7.05 Å². The van der Waals surface area contributed by atoms with Crippen molar-refractivity contribution in [3.63, 3.8) is 0 Å². The van der Waals surface area contributed by atoms with Gasteiger partial charge in [-0.05, 0) is 25.7 Å². The molecule has 4 nitrogen and oxygen atoms in total. The van der Waals surface area contributed by atoms with Gasteiger partial charge in [0.05, 0.1) is 24.8 Å². The minimum Gasteiger partial charge on any atom is -0.543 e. The molecule has 3 rings (SSSR count). The van der Waals surface area contributed by atoms with Gasteiger partial charge in [0.1, 0.15) is 11.6 Å². The van der Waals surface area contributed by atoms with Crippen molar-refractivity contribution in [2.45, 2.75) is 44.7 Å². The van der Waals surface area contributed by atoms with Gasteiger partial charge in [0.25, 0.3) is 0 Å². The molecule has 0 aliphatic heterocycles. The van der Waals surface area contributed by atoms with Gasteiger partial charge in [-0.25, -0.2) is 4.98 Å². The molecule has 0 spiro atoms. The maximum atomic E-state index is 10.8. The number of nitrogens with zero attached hydrogens (tertiary/aromatic N) is 1. The number of carbonyl (C=O) groups is 1. The molecule has 1 saturated carbocycles. The predicted molar refractivity (Wildman–Crippen MR) is 89.3 cm³/mol. The molecule has 1 aromatic heterocycles. The SMILES string of the molecule is C[NH+](Cc1ccc(-c2nc(C(=O)[O-])cs2)cc1)C1CCCCC1. The second-order valence-electron chi connectivity index (χ2n) is 6.38. The fraction of sp³-hybridized carbons (Fsp3) is 0.444. The number of carbonyl (C=O) groups excluding carboxylic acids is 1. The van der Waals surface area contributed by atoms with Crippen LogP contribution in [-0.2, 0) is 6.54 Å². The summed E-state index contributed by atoms with van der Waals surface area (Å²) in [7, 11) is 2.29. The molecule has 1 atom stereocenters. The number of quaternary nitrogens is 1. The molecule has 1 heterocycles. The summed E-state index contributed by atoms with van der Waals surface area (Å²) in [6, 6.07) is 9.10. The molecule has 5 heteroatoms. The number of thiazole rings is 1. The minimum atomic E-state index is -1.22. The van der Waals surface area contributed by atoms with Gasteiger partial charge in [-0.3, -0.25) is 0 Å². The lowest BCUT2D eigenvalue weighted by molar-refractivity contribution is -0.921. The van der Waals surface area contributed by atoms with Crippen LogP contribution in [0.4, 0.5) is 0 Å². The van der Waals surface area contributed by atoms with Crippen molar-refractivity contribution in [2.24, 2.45) is 0 Å². The van der Waals surface area contributed by atoms with Gasteiger partial charge in [0.15, 0.2) is 0 Å². The highest BCUT2D eigenvalue weighted by Gasteiger charge is 2.21. The van der Waals surface area contributed by atoms with Gasteiger partial charge in [-0.2, -0.15) is 0 Å². The second-order valence-corrected chi connectivity index (χ2v) is 7.24. The number of carboxylic acid groups (broad SMARTS) is 1. The summed E-state index contributed by atoms with van der Waals surface area (Å²) in [4.78, 5) is 16.5. The largest absolute Gasteiger partial charge is 0.543 e. The van der Waals surface area contributed by atoms with E-state index in [1.807, 2.05) is 12.1 Å². The number of aromatic carboxylic acids is 1. The smallest absolute Gasteiger partial charge is 0.124 e. The van der Waals surface area contributed by atoms with E-state index in [0.717, 1.165) is 23.2 Å². The topological polar surface area (TPSA) is 57.5 Å². The van der Waals surface area contributed by atoms with Crippen molar-refractivity contribution in [1.82, 2.24) is 4.98 Å². The first-order valence-corrected chi connectivity index (χ1v) is 9.10. The number of rotatable bonds is 5. The van der Waals surface area contributed by atoms with E-state index in [9.17, 15) is 9.90 Å². The molecule has 1 unspecified atom stereocenters. The first-order chi connectivity index (χ1) is 11.1. The zero-order valence-corrected chi connectivity index (χ0v) is 14.2. The zero-order chi connectivity index (χ0) is 16.2. The van der Waals surface area contributed by atoms with Crippen LogP contribution in [0.25, 0.3) is 10.6 Å². The molecule has 1 N–H and O–H groups in total. The van der Waals surface area contributed by atoms with Crippen LogP contribution in [0.3, 0.4) is 0 Å². The first kappa shape index (κ1) is 16.1. The number of benzene rings is 1. The van der Waals surface area contributed by atoms with E-state index in [-0.39, 0.29) is 5.69 Å². The molecule has 0 saturated heterocycles. The van der Waals surface area contributed by atoms with Gasteiger partial charge in [0.2, 0.25) is 0 Å². The molecule has 2 aromatic rings. The van der Waals surface area contributed by atoms with E-state index in [1.54, 1.807) is 4.90 Å². The number of aromatic nitrogens is 1. The fourth-order valence-electron chi connectivity index (χ4n) is 3.33. The summed E-state index contributed by atoms with van der Waals surface area (Å²) in [5.74, 6) is -1.22. The number of carboxylic acids is 1. The molecule has 0 amide bonds. The lowest BCUT2D eigenvalue weighted by Gasteiger charge is -2.28. The van der Waals surface area contributed by atoms with Crippen LogP contribution in [0.5, 0.6) is 0 Å². The van der Waals surface area contributed by atoms with E-state index >= 15 is 0 Å². The van der Waals surface area contributed by atoms with Crippen molar-refractivity contribution in [3.8, 4) is 10.6 Å². The Bertz CT molecular complexity index is 660. The van der Waals surface area contributed by atoms with Crippen LogP contribution in [0.2, 0.25) is 0 Å². The Morgan fingerprint density at radius 2 is 1.96 bits per heavy atom. The fourth-order valence-corrected chi connectivity index (χ4v) is 4.12. The molecule has 1 aliphatic carbocycles. The third-order valence-corrected chi connectivity index (χ3v) is 5.59. The molecule has 23 heavy (non-hydrogen) atoms. The molecule has 0 bridgehead atoms. The average molecular weight is 330 g/mol. The maximum Gasteiger partial charge on any atom is 0.124 e. The van der Waals surface area contributed by atoms with Gasteiger partial charge >= 0.3 is 0 Å². The Hall–Kier alpha value is -1.72. The van der Waals surface area contributed by atoms with Gasteiger partial charge < -0.3 is 14.8 Å². The summed E-state index contributed by atoms with van der Waals surface area (Å²) in [5, 5.41) is 13.1. The highest BCUT2D eigenvalue weighted by Crippen LogP contribution is 2.24. The van der Waals surface area contributed by atoms with Crippen LogP contribution in [0.15, 0.2) is 29.6 Å². The standard InChI is InChI=1S/C18H22N2O2S/c1-20(15-5-3-2-4-6-15)11-13-7-9-14(10-8-13)17-19-16(12-23-17)18(21)22/h7-10,12,15H,2-6,11H2,1H3,(H,21,22). The molecule has 1 aliphatic rings. The van der Waals surface area contributed by atoms with Crippen LogP contribution >= 0.6 is 11.3 Å². The van der Waals surface area contributed by atoms with Crippen molar-refractivity contribution in [1.29, 1.82) is 0 Å². The molecule has 1 fully saturated rings. The minimum absolute atomic E-state index is 0.00977. The highest BCUT2D eigenvalue weighted by atomic mass is 32.1. The van der Waals surface area contributed by atoms with Crippen molar-refractivity contribution >= 4 is 17.3 Å². The van der Waals surface area contributed by atoms with Gasteiger partial charge in [0, 0.05) is 16.5 Å². The normalized spacial score (nSPS) is 17.1. The van der Waals surface area contributed by atoms with Crippen LogP contribution in [-0.4, -0.2) is 24.0 Å². The van der Waals surface area contributed by atoms with Crippen LogP contribution in [0, 0.1) is 0 Å². The Balaban J connectivity index is 1.65. The lowest BCUT2D eigenvalue weighted by atomic mass is 9.94. The molecular weight excluding hydrogens is 308 g/mol. The number of nitrogens with one attached hydrogen (secondary N) is 1. The van der Waals surface area contributed by atoms with E-state index < -0.39 is 5.97 Å². The maximum absolute atomic E-state index is 10.8. The van der Waals surface area contributed by atoms with Crippen LogP contribution in [0.1, 0.15) is 48.2 Å². The first-order valence-electron chi connectivity index (χ1n) is 8.22. The average Bonchev–Trinajstić information content (AvgIpc) is 3.07. The summed E-state index contributed by atoms with van der Waals surface area (Å²) in [6.45, 7) is 1.03.